The molecular formula is C20H20O4. The van der Waals surface area contributed by atoms with Crippen LogP contribution in [0, 0.1) is 13.8 Å². The Bertz CT molecular complexity index is 905. The molecule has 124 valence electrons. The maximum atomic E-state index is 12.5. The lowest BCUT2D eigenvalue weighted by molar-refractivity contribution is 0.0529. The summed E-state index contributed by atoms with van der Waals surface area (Å²) < 4.78 is 16.5. The molecule has 0 amide bonds. The van der Waals surface area contributed by atoms with Crippen molar-refractivity contribution in [3.05, 3.63) is 53.1 Å². The van der Waals surface area contributed by atoms with Crippen molar-refractivity contribution in [3.8, 4) is 17.1 Å². The Morgan fingerprint density at radius 2 is 1.92 bits per heavy atom. The van der Waals surface area contributed by atoms with Gasteiger partial charge in [0, 0.05) is 10.9 Å². The van der Waals surface area contributed by atoms with Crippen molar-refractivity contribution in [1.82, 2.24) is 0 Å². The van der Waals surface area contributed by atoms with Gasteiger partial charge in [0.05, 0.1) is 13.7 Å². The third-order valence-corrected chi connectivity index (χ3v) is 4.00. The Morgan fingerprint density at radius 3 is 2.58 bits per heavy atom. The number of carbonyl (C=O) groups is 1. The number of rotatable bonds is 4. The van der Waals surface area contributed by atoms with E-state index in [-0.39, 0.29) is 5.97 Å². The van der Waals surface area contributed by atoms with E-state index in [1.807, 2.05) is 50.2 Å². The first-order chi connectivity index (χ1) is 11.5. The monoisotopic (exact) mass is 324 g/mol. The van der Waals surface area contributed by atoms with Crippen LogP contribution in [0.15, 0.2) is 40.8 Å². The minimum atomic E-state index is -0.370. The van der Waals surface area contributed by atoms with Crippen molar-refractivity contribution >= 4 is 16.9 Å². The van der Waals surface area contributed by atoms with Gasteiger partial charge < -0.3 is 13.9 Å². The predicted molar refractivity (Wildman–Crippen MR) is 93.6 cm³/mol. The van der Waals surface area contributed by atoms with Gasteiger partial charge >= 0.3 is 5.97 Å². The molecule has 0 saturated heterocycles. The minimum Gasteiger partial charge on any atom is -0.497 e. The second kappa shape index (κ2) is 6.40. The van der Waals surface area contributed by atoms with E-state index in [1.165, 1.54) is 0 Å². The molecule has 0 radical (unpaired) electrons. The standard InChI is InChI=1S/C20H20O4/c1-5-23-20(21)18-16-8-6-12(2)10-17(16)24-19(18)15-9-7-14(22-4)11-13(15)3/h6-11H,5H2,1-4H3. The number of furan rings is 1. The number of carbonyl (C=O) groups excluding carboxylic acids is 1. The van der Waals surface area contributed by atoms with Crippen molar-refractivity contribution in [2.45, 2.75) is 20.8 Å². The zero-order valence-corrected chi connectivity index (χ0v) is 14.3. The highest BCUT2D eigenvalue weighted by Gasteiger charge is 2.24. The minimum absolute atomic E-state index is 0.318. The number of hydrogen-bond acceptors (Lipinski definition) is 4. The number of esters is 1. The van der Waals surface area contributed by atoms with Gasteiger partial charge in [-0.1, -0.05) is 6.07 Å². The summed E-state index contributed by atoms with van der Waals surface area (Å²) in [5.74, 6) is 0.931. The summed E-state index contributed by atoms with van der Waals surface area (Å²) in [6, 6.07) is 11.5. The fourth-order valence-corrected chi connectivity index (χ4v) is 2.82. The Kier molecular flexibility index (Phi) is 4.30. The summed E-state index contributed by atoms with van der Waals surface area (Å²) in [7, 11) is 1.63. The molecule has 0 spiro atoms. The lowest BCUT2D eigenvalue weighted by Crippen LogP contribution is -2.05. The average molecular weight is 324 g/mol. The molecule has 2 aromatic carbocycles. The summed E-state index contributed by atoms with van der Waals surface area (Å²) in [5, 5.41) is 0.768. The lowest BCUT2D eigenvalue weighted by atomic mass is 10.0. The molecule has 0 fully saturated rings. The molecule has 24 heavy (non-hydrogen) atoms. The third-order valence-electron chi connectivity index (χ3n) is 4.00. The average Bonchev–Trinajstić information content (AvgIpc) is 2.92. The van der Waals surface area contributed by atoms with Gasteiger partial charge in [0.1, 0.15) is 22.7 Å². The van der Waals surface area contributed by atoms with Crippen LogP contribution in [0.2, 0.25) is 0 Å². The Hall–Kier alpha value is -2.75. The van der Waals surface area contributed by atoms with E-state index < -0.39 is 0 Å². The second-order valence-electron chi connectivity index (χ2n) is 5.71. The van der Waals surface area contributed by atoms with Gasteiger partial charge in [-0.2, -0.15) is 0 Å². The van der Waals surface area contributed by atoms with Crippen molar-refractivity contribution in [2.75, 3.05) is 13.7 Å². The quantitative estimate of drug-likeness (QED) is 0.640. The van der Waals surface area contributed by atoms with Crippen LogP contribution in [0.1, 0.15) is 28.4 Å². The van der Waals surface area contributed by atoms with E-state index in [0.717, 1.165) is 27.8 Å². The molecule has 0 aliphatic heterocycles. The lowest BCUT2D eigenvalue weighted by Gasteiger charge is -2.08. The van der Waals surface area contributed by atoms with Gasteiger partial charge in [-0.15, -0.1) is 0 Å². The summed E-state index contributed by atoms with van der Waals surface area (Å²) in [6.45, 7) is 6.07. The number of hydrogen-bond donors (Lipinski definition) is 0. The summed E-state index contributed by atoms with van der Waals surface area (Å²) in [6.07, 6.45) is 0. The highest BCUT2D eigenvalue weighted by molar-refractivity contribution is 6.09. The van der Waals surface area contributed by atoms with Gasteiger partial charge in [0.15, 0.2) is 0 Å². The Balaban J connectivity index is 2.26. The van der Waals surface area contributed by atoms with Crippen LogP contribution in [0.4, 0.5) is 0 Å². The van der Waals surface area contributed by atoms with E-state index in [4.69, 9.17) is 13.9 Å². The van der Waals surface area contributed by atoms with Crippen molar-refractivity contribution < 1.29 is 18.7 Å². The van der Waals surface area contributed by atoms with Crippen LogP contribution in [-0.4, -0.2) is 19.7 Å². The molecule has 4 nitrogen and oxygen atoms in total. The maximum Gasteiger partial charge on any atom is 0.342 e. The molecule has 1 heterocycles. The third kappa shape index (κ3) is 2.75. The van der Waals surface area contributed by atoms with Crippen LogP contribution in [0.5, 0.6) is 5.75 Å². The van der Waals surface area contributed by atoms with E-state index in [2.05, 4.69) is 0 Å². The number of methoxy groups -OCH3 is 1. The van der Waals surface area contributed by atoms with Gasteiger partial charge in [0.25, 0.3) is 0 Å². The summed E-state index contributed by atoms with van der Waals surface area (Å²) in [4.78, 5) is 12.5. The molecule has 0 aliphatic carbocycles. The van der Waals surface area contributed by atoms with Crippen molar-refractivity contribution in [1.29, 1.82) is 0 Å². The molecule has 0 bridgehead atoms. The molecule has 0 atom stereocenters. The van der Waals surface area contributed by atoms with Crippen LogP contribution in [0.3, 0.4) is 0 Å². The van der Waals surface area contributed by atoms with Gasteiger partial charge in [-0.25, -0.2) is 4.79 Å². The molecule has 4 heteroatoms. The van der Waals surface area contributed by atoms with Crippen molar-refractivity contribution in [2.24, 2.45) is 0 Å². The number of ether oxygens (including phenoxy) is 2. The second-order valence-corrected chi connectivity index (χ2v) is 5.71. The van der Waals surface area contributed by atoms with E-state index in [9.17, 15) is 4.79 Å². The first-order valence-corrected chi connectivity index (χ1v) is 7.90. The molecule has 1 aromatic heterocycles. The molecule has 0 unspecified atom stereocenters. The van der Waals surface area contributed by atoms with E-state index >= 15 is 0 Å². The Morgan fingerprint density at radius 1 is 1.12 bits per heavy atom. The molecule has 0 N–H and O–H groups in total. The fourth-order valence-electron chi connectivity index (χ4n) is 2.82. The number of benzene rings is 2. The van der Waals surface area contributed by atoms with Crippen molar-refractivity contribution in [3.63, 3.8) is 0 Å². The van der Waals surface area contributed by atoms with Crippen LogP contribution in [0.25, 0.3) is 22.3 Å². The van der Waals surface area contributed by atoms with Crippen LogP contribution >= 0.6 is 0 Å². The highest BCUT2D eigenvalue weighted by atomic mass is 16.5. The van der Waals surface area contributed by atoms with Gasteiger partial charge in [-0.3, -0.25) is 0 Å². The van der Waals surface area contributed by atoms with Crippen LogP contribution < -0.4 is 4.74 Å². The number of aryl methyl sites for hydroxylation is 2. The summed E-state index contributed by atoms with van der Waals surface area (Å²) >= 11 is 0. The highest BCUT2D eigenvalue weighted by Crippen LogP contribution is 2.37. The molecule has 3 rings (SSSR count). The smallest absolute Gasteiger partial charge is 0.342 e. The zero-order valence-electron chi connectivity index (χ0n) is 14.3. The fraction of sp³-hybridized carbons (Fsp3) is 0.250. The number of fused-ring (bicyclic) bond motifs is 1. The predicted octanol–water partition coefficient (Wildman–Crippen LogP) is 4.90. The van der Waals surface area contributed by atoms with E-state index in [0.29, 0.717) is 23.5 Å². The Labute approximate surface area is 141 Å². The maximum absolute atomic E-state index is 12.5. The van der Waals surface area contributed by atoms with E-state index in [1.54, 1.807) is 14.0 Å². The topological polar surface area (TPSA) is 48.7 Å². The van der Waals surface area contributed by atoms with Crippen LogP contribution in [-0.2, 0) is 4.74 Å². The first-order valence-electron chi connectivity index (χ1n) is 7.90. The molecule has 0 aliphatic rings. The normalized spacial score (nSPS) is 10.8. The summed E-state index contributed by atoms with van der Waals surface area (Å²) in [5.41, 5.74) is 4.05. The zero-order chi connectivity index (χ0) is 17.3. The SMILES string of the molecule is CCOC(=O)c1c(-c2ccc(OC)cc2C)oc2cc(C)ccc12. The molecule has 3 aromatic rings. The van der Waals surface area contributed by atoms with Gasteiger partial charge in [0.2, 0.25) is 0 Å². The molecular weight excluding hydrogens is 304 g/mol. The molecule has 0 saturated carbocycles. The largest absolute Gasteiger partial charge is 0.497 e. The first kappa shape index (κ1) is 16.1. The van der Waals surface area contributed by atoms with Gasteiger partial charge in [-0.05, 0) is 62.2 Å².